The lowest BCUT2D eigenvalue weighted by atomic mass is 9.70. The van der Waals surface area contributed by atoms with Gasteiger partial charge in [-0.1, -0.05) is 6.42 Å². The number of rotatable bonds is 7. The summed E-state index contributed by atoms with van der Waals surface area (Å²) < 4.78 is 0. The zero-order valence-corrected chi connectivity index (χ0v) is 12.0. The predicted octanol–water partition coefficient (Wildman–Crippen LogP) is 3.69. The Balaban J connectivity index is 1.58. The van der Waals surface area contributed by atoms with Crippen LogP contribution in [0.4, 0.5) is 0 Å². The van der Waals surface area contributed by atoms with Gasteiger partial charge in [-0.2, -0.15) is 11.8 Å². The summed E-state index contributed by atoms with van der Waals surface area (Å²) in [5, 5.41) is 3.84. The molecule has 3 aliphatic carbocycles. The first-order chi connectivity index (χ1) is 8.32. The molecule has 0 aromatic heterocycles. The van der Waals surface area contributed by atoms with Gasteiger partial charge >= 0.3 is 0 Å². The summed E-state index contributed by atoms with van der Waals surface area (Å²) in [4.78, 5) is 0. The van der Waals surface area contributed by atoms with E-state index in [1.165, 1.54) is 44.4 Å². The van der Waals surface area contributed by atoms with Crippen molar-refractivity contribution in [2.24, 2.45) is 17.3 Å². The fraction of sp³-hybridized carbons (Fsp3) is 1.00. The van der Waals surface area contributed by atoms with Crippen LogP contribution in [0.25, 0.3) is 0 Å². The summed E-state index contributed by atoms with van der Waals surface area (Å²) in [7, 11) is 0. The van der Waals surface area contributed by atoms with E-state index in [9.17, 15) is 0 Å². The Morgan fingerprint density at radius 2 is 2.12 bits per heavy atom. The van der Waals surface area contributed by atoms with Gasteiger partial charge in [0.2, 0.25) is 0 Å². The van der Waals surface area contributed by atoms with Crippen LogP contribution in [0.5, 0.6) is 0 Å². The van der Waals surface area contributed by atoms with Crippen LogP contribution in [0.1, 0.15) is 51.4 Å². The molecule has 3 fully saturated rings. The van der Waals surface area contributed by atoms with E-state index in [0.717, 1.165) is 17.9 Å². The number of hydrogen-bond donors (Lipinski definition) is 1. The SMILES string of the molecule is CSCCCC1(CNC2CC2)CC2CCC1C2. The average Bonchev–Trinajstić information content (AvgIpc) is 2.96. The van der Waals surface area contributed by atoms with E-state index in [1.54, 1.807) is 19.3 Å². The van der Waals surface area contributed by atoms with Crippen molar-refractivity contribution in [1.82, 2.24) is 5.32 Å². The molecule has 3 rings (SSSR count). The summed E-state index contributed by atoms with van der Waals surface area (Å²) in [6, 6.07) is 0.895. The molecule has 0 aliphatic heterocycles. The minimum atomic E-state index is 0.710. The third kappa shape index (κ3) is 2.68. The van der Waals surface area contributed by atoms with Gasteiger partial charge in [0.1, 0.15) is 0 Å². The molecule has 0 aromatic rings. The second-order valence-electron chi connectivity index (χ2n) is 6.69. The van der Waals surface area contributed by atoms with Crippen molar-refractivity contribution in [1.29, 1.82) is 0 Å². The predicted molar refractivity (Wildman–Crippen MR) is 76.5 cm³/mol. The molecule has 0 saturated heterocycles. The first-order valence-electron chi connectivity index (χ1n) is 7.55. The first kappa shape index (κ1) is 12.3. The van der Waals surface area contributed by atoms with E-state index in [0.29, 0.717) is 5.41 Å². The molecular formula is C15H27NS. The van der Waals surface area contributed by atoms with E-state index in [2.05, 4.69) is 11.6 Å². The third-order valence-electron chi connectivity index (χ3n) is 5.45. The molecule has 3 unspecified atom stereocenters. The fourth-order valence-electron chi connectivity index (χ4n) is 4.37. The van der Waals surface area contributed by atoms with Gasteiger partial charge in [-0.05, 0) is 74.2 Å². The zero-order chi connectivity index (χ0) is 11.7. The Morgan fingerprint density at radius 1 is 1.24 bits per heavy atom. The van der Waals surface area contributed by atoms with Crippen LogP contribution in [0.3, 0.4) is 0 Å². The molecule has 1 nitrogen and oxygen atoms in total. The van der Waals surface area contributed by atoms with Crippen molar-refractivity contribution >= 4 is 11.8 Å². The van der Waals surface area contributed by atoms with Crippen LogP contribution in [0.2, 0.25) is 0 Å². The zero-order valence-electron chi connectivity index (χ0n) is 11.2. The van der Waals surface area contributed by atoms with Gasteiger partial charge in [0.25, 0.3) is 0 Å². The van der Waals surface area contributed by atoms with Crippen LogP contribution >= 0.6 is 11.8 Å². The van der Waals surface area contributed by atoms with Gasteiger partial charge in [0, 0.05) is 12.6 Å². The molecule has 2 heteroatoms. The lowest BCUT2D eigenvalue weighted by molar-refractivity contribution is 0.141. The monoisotopic (exact) mass is 253 g/mol. The highest BCUT2D eigenvalue weighted by atomic mass is 32.2. The Bertz CT molecular complexity index is 264. The number of fused-ring (bicyclic) bond motifs is 2. The van der Waals surface area contributed by atoms with Crippen molar-refractivity contribution in [2.45, 2.75) is 57.4 Å². The third-order valence-corrected chi connectivity index (χ3v) is 6.14. The minimum absolute atomic E-state index is 0.710. The van der Waals surface area contributed by atoms with E-state index in [-0.39, 0.29) is 0 Å². The summed E-state index contributed by atoms with van der Waals surface area (Å²) in [5.41, 5.74) is 0.710. The molecular weight excluding hydrogens is 226 g/mol. The quantitative estimate of drug-likeness (QED) is 0.695. The van der Waals surface area contributed by atoms with E-state index in [1.807, 2.05) is 11.8 Å². The number of nitrogens with one attached hydrogen (secondary N) is 1. The first-order valence-corrected chi connectivity index (χ1v) is 8.94. The van der Waals surface area contributed by atoms with Gasteiger partial charge in [-0.15, -0.1) is 0 Å². The molecule has 17 heavy (non-hydrogen) atoms. The minimum Gasteiger partial charge on any atom is -0.313 e. The van der Waals surface area contributed by atoms with E-state index in [4.69, 9.17) is 0 Å². The standard InChI is InChI=1S/C15H27NS/c1-17-8-2-7-15(11-16-14-5-6-14)10-12-3-4-13(15)9-12/h12-14,16H,2-11H2,1H3. The summed E-state index contributed by atoms with van der Waals surface area (Å²) >= 11 is 2.02. The molecule has 0 heterocycles. The molecule has 0 spiro atoms. The van der Waals surface area contributed by atoms with Crippen molar-refractivity contribution in [3.8, 4) is 0 Å². The maximum atomic E-state index is 3.84. The molecule has 0 amide bonds. The van der Waals surface area contributed by atoms with Crippen LogP contribution in [-0.4, -0.2) is 24.6 Å². The van der Waals surface area contributed by atoms with E-state index < -0.39 is 0 Å². The Kier molecular flexibility index (Phi) is 3.72. The second kappa shape index (κ2) is 5.13. The van der Waals surface area contributed by atoms with Crippen molar-refractivity contribution in [2.75, 3.05) is 18.6 Å². The summed E-state index contributed by atoms with van der Waals surface area (Å²) in [6.07, 6.45) is 14.2. The Hall–Kier alpha value is 0.310. The molecule has 3 atom stereocenters. The van der Waals surface area contributed by atoms with Crippen molar-refractivity contribution in [3.63, 3.8) is 0 Å². The topological polar surface area (TPSA) is 12.0 Å². The number of thioether (sulfide) groups is 1. The van der Waals surface area contributed by atoms with Gasteiger partial charge < -0.3 is 5.32 Å². The maximum Gasteiger partial charge on any atom is 0.00684 e. The lowest BCUT2D eigenvalue weighted by Gasteiger charge is -2.38. The highest BCUT2D eigenvalue weighted by Gasteiger charge is 2.50. The van der Waals surface area contributed by atoms with Crippen LogP contribution in [0.15, 0.2) is 0 Å². The van der Waals surface area contributed by atoms with Crippen LogP contribution in [0, 0.1) is 17.3 Å². The van der Waals surface area contributed by atoms with Gasteiger partial charge in [-0.25, -0.2) is 0 Å². The second-order valence-corrected chi connectivity index (χ2v) is 7.68. The van der Waals surface area contributed by atoms with Gasteiger partial charge in [-0.3, -0.25) is 0 Å². The van der Waals surface area contributed by atoms with E-state index >= 15 is 0 Å². The Morgan fingerprint density at radius 3 is 2.71 bits per heavy atom. The summed E-state index contributed by atoms with van der Waals surface area (Å²) in [6.45, 7) is 1.34. The molecule has 98 valence electrons. The number of hydrogen-bond acceptors (Lipinski definition) is 2. The average molecular weight is 253 g/mol. The molecule has 3 aliphatic rings. The molecule has 0 aromatic carbocycles. The summed E-state index contributed by atoms with van der Waals surface area (Å²) in [5.74, 6) is 3.53. The smallest absolute Gasteiger partial charge is 0.00684 e. The van der Waals surface area contributed by atoms with Crippen molar-refractivity contribution in [3.05, 3.63) is 0 Å². The highest BCUT2D eigenvalue weighted by Crippen LogP contribution is 2.58. The Labute approximate surface area is 111 Å². The molecule has 2 bridgehead atoms. The van der Waals surface area contributed by atoms with Gasteiger partial charge in [0.15, 0.2) is 0 Å². The van der Waals surface area contributed by atoms with Crippen LogP contribution < -0.4 is 5.32 Å². The largest absolute Gasteiger partial charge is 0.313 e. The lowest BCUT2D eigenvalue weighted by Crippen LogP contribution is -2.39. The van der Waals surface area contributed by atoms with Gasteiger partial charge in [0.05, 0.1) is 0 Å². The normalized spacial score (nSPS) is 40.1. The van der Waals surface area contributed by atoms with Crippen LogP contribution in [-0.2, 0) is 0 Å². The van der Waals surface area contributed by atoms with Crippen molar-refractivity contribution < 1.29 is 0 Å². The maximum absolute atomic E-state index is 3.84. The molecule has 1 N–H and O–H groups in total. The fourth-order valence-corrected chi connectivity index (χ4v) is 4.81. The molecule has 3 saturated carbocycles. The molecule has 0 radical (unpaired) electrons. The highest BCUT2D eigenvalue weighted by molar-refractivity contribution is 7.98.